The summed E-state index contributed by atoms with van der Waals surface area (Å²) in [6, 6.07) is 9.43. The van der Waals surface area contributed by atoms with Gasteiger partial charge in [-0.1, -0.05) is 0 Å². The highest BCUT2D eigenvalue weighted by Gasteiger charge is 2.30. The van der Waals surface area contributed by atoms with Gasteiger partial charge in [0.05, 0.1) is 11.4 Å². The predicted octanol–water partition coefficient (Wildman–Crippen LogP) is 1.77. The second-order valence-corrected chi connectivity index (χ2v) is 10.1. The van der Waals surface area contributed by atoms with E-state index in [0.29, 0.717) is 43.9 Å². The molecule has 1 amide bonds. The van der Waals surface area contributed by atoms with E-state index >= 15 is 0 Å². The first kappa shape index (κ1) is 21.6. The summed E-state index contributed by atoms with van der Waals surface area (Å²) >= 11 is 0. The molecule has 1 unspecified atom stereocenters. The Labute approximate surface area is 182 Å². The molecule has 0 N–H and O–H groups in total. The zero-order valence-corrected chi connectivity index (χ0v) is 18.6. The lowest BCUT2D eigenvalue weighted by atomic mass is 10.2. The van der Waals surface area contributed by atoms with Gasteiger partial charge >= 0.3 is 0 Å². The quantitative estimate of drug-likeness (QED) is 0.700. The van der Waals surface area contributed by atoms with E-state index in [1.165, 1.54) is 22.5 Å². The lowest BCUT2D eigenvalue weighted by molar-refractivity contribution is 0.0772. The van der Waals surface area contributed by atoms with Crippen molar-refractivity contribution in [1.82, 2.24) is 13.8 Å². The van der Waals surface area contributed by atoms with Crippen LogP contribution in [0.4, 0.5) is 0 Å². The molecule has 31 heavy (non-hydrogen) atoms. The Morgan fingerprint density at radius 2 is 1.74 bits per heavy atom. The van der Waals surface area contributed by atoms with E-state index in [1.807, 2.05) is 13.0 Å². The fourth-order valence-corrected chi connectivity index (χ4v) is 5.55. The molecule has 166 valence electrons. The molecule has 1 aromatic heterocycles. The molecule has 3 heterocycles. The maximum Gasteiger partial charge on any atom is 0.254 e. The number of aromatic nitrogens is 1. The Hall–Kier alpha value is -2.65. The molecular weight excluding hydrogens is 418 g/mol. The minimum atomic E-state index is -3.49. The topological polar surface area (TPSA) is 88.9 Å². The normalized spacial score (nSPS) is 19.7. The number of sulfonamides is 1. The lowest BCUT2D eigenvalue weighted by Gasteiger charge is -2.18. The van der Waals surface area contributed by atoms with Crippen LogP contribution in [0.1, 0.15) is 35.3 Å². The molecule has 2 fully saturated rings. The van der Waals surface area contributed by atoms with Gasteiger partial charge in [-0.25, -0.2) is 8.42 Å². The molecule has 0 aliphatic carbocycles. The van der Waals surface area contributed by atoms with Crippen LogP contribution in [0.15, 0.2) is 46.1 Å². The number of rotatable bonds is 5. The number of hydrogen-bond donors (Lipinski definition) is 0. The van der Waals surface area contributed by atoms with Crippen molar-refractivity contribution in [2.24, 2.45) is 7.05 Å². The third-order valence-electron chi connectivity index (χ3n) is 6.02. The molecule has 2 aromatic rings. The minimum absolute atomic E-state index is 0.134. The van der Waals surface area contributed by atoms with E-state index in [4.69, 9.17) is 4.74 Å². The summed E-state index contributed by atoms with van der Waals surface area (Å²) in [6.45, 7) is 3.89. The zero-order chi connectivity index (χ0) is 22.2. The summed E-state index contributed by atoms with van der Waals surface area (Å²) in [5, 5.41) is 0. The second-order valence-electron chi connectivity index (χ2n) is 8.14. The third-order valence-corrected chi connectivity index (χ3v) is 7.93. The molecule has 2 aliphatic heterocycles. The van der Waals surface area contributed by atoms with Crippen molar-refractivity contribution in [3.05, 3.63) is 58.0 Å². The van der Waals surface area contributed by atoms with Crippen molar-refractivity contribution in [2.75, 3.05) is 26.2 Å². The fraction of sp³-hybridized carbons (Fsp3) is 0.455. The maximum atomic E-state index is 12.9. The number of carbonyl (C=O) groups is 1. The first-order valence-electron chi connectivity index (χ1n) is 10.5. The van der Waals surface area contributed by atoms with Gasteiger partial charge in [0.25, 0.3) is 11.5 Å². The number of carbonyl (C=O) groups excluding carboxylic acids is 1. The number of ether oxygens (including phenoxy) is 1. The van der Waals surface area contributed by atoms with Crippen LogP contribution >= 0.6 is 0 Å². The van der Waals surface area contributed by atoms with Crippen molar-refractivity contribution < 1.29 is 17.9 Å². The van der Waals surface area contributed by atoms with Crippen molar-refractivity contribution >= 4 is 15.9 Å². The third kappa shape index (κ3) is 4.38. The Kier molecular flexibility index (Phi) is 5.90. The minimum Gasteiger partial charge on any atom is -0.488 e. The van der Waals surface area contributed by atoms with Gasteiger partial charge in [-0.15, -0.1) is 0 Å². The molecule has 0 radical (unpaired) electrons. The van der Waals surface area contributed by atoms with E-state index in [0.717, 1.165) is 18.5 Å². The largest absolute Gasteiger partial charge is 0.488 e. The van der Waals surface area contributed by atoms with Gasteiger partial charge in [0.1, 0.15) is 11.9 Å². The summed E-state index contributed by atoms with van der Waals surface area (Å²) in [6.07, 6.45) is 2.24. The van der Waals surface area contributed by atoms with Crippen LogP contribution in [-0.4, -0.2) is 60.4 Å². The fourth-order valence-electron chi connectivity index (χ4n) is 4.04. The number of amides is 1. The predicted molar refractivity (Wildman–Crippen MR) is 116 cm³/mol. The molecule has 8 nitrogen and oxygen atoms in total. The summed E-state index contributed by atoms with van der Waals surface area (Å²) in [7, 11) is -1.79. The number of likely N-dealkylation sites (tertiary alicyclic amines) is 1. The molecule has 0 saturated carbocycles. The van der Waals surface area contributed by atoms with Crippen LogP contribution in [0.5, 0.6) is 5.75 Å². The van der Waals surface area contributed by atoms with Crippen LogP contribution in [-0.2, 0) is 17.1 Å². The summed E-state index contributed by atoms with van der Waals surface area (Å²) < 4.78 is 34.3. The first-order valence-corrected chi connectivity index (χ1v) is 11.9. The highest BCUT2D eigenvalue weighted by Crippen LogP contribution is 2.23. The smallest absolute Gasteiger partial charge is 0.254 e. The van der Waals surface area contributed by atoms with Gasteiger partial charge in [0, 0.05) is 50.4 Å². The SMILES string of the molecule is Cc1cc(OC2CCN(C(=O)c3ccc(S(=O)(=O)N4CCCC4)cc3)C2)cc(=O)n1C. The van der Waals surface area contributed by atoms with Crippen LogP contribution in [0, 0.1) is 6.92 Å². The Morgan fingerprint density at radius 1 is 1.06 bits per heavy atom. The summed E-state index contributed by atoms with van der Waals surface area (Å²) in [4.78, 5) is 26.7. The number of aryl methyl sites for hydroxylation is 1. The molecule has 4 rings (SSSR count). The first-order chi connectivity index (χ1) is 14.8. The van der Waals surface area contributed by atoms with Crippen LogP contribution in [0.3, 0.4) is 0 Å². The molecule has 1 aromatic carbocycles. The molecule has 9 heteroatoms. The van der Waals surface area contributed by atoms with Gasteiger partial charge in [-0.2, -0.15) is 4.31 Å². The number of hydrogen-bond acceptors (Lipinski definition) is 5. The Bertz CT molecular complexity index is 1130. The monoisotopic (exact) mass is 445 g/mol. The van der Waals surface area contributed by atoms with Crippen molar-refractivity contribution in [2.45, 2.75) is 37.2 Å². The van der Waals surface area contributed by atoms with Crippen molar-refractivity contribution in [3.63, 3.8) is 0 Å². The zero-order valence-electron chi connectivity index (χ0n) is 17.8. The average Bonchev–Trinajstić information content (AvgIpc) is 3.44. The number of benzene rings is 1. The highest BCUT2D eigenvalue weighted by atomic mass is 32.2. The molecule has 0 bridgehead atoms. The van der Waals surface area contributed by atoms with Crippen molar-refractivity contribution in [3.8, 4) is 5.75 Å². The molecule has 2 saturated heterocycles. The summed E-state index contributed by atoms with van der Waals surface area (Å²) in [5.74, 6) is 0.354. The van der Waals surface area contributed by atoms with Crippen molar-refractivity contribution in [1.29, 1.82) is 0 Å². The number of pyridine rings is 1. The van der Waals surface area contributed by atoms with Gasteiger partial charge in [0.2, 0.25) is 10.0 Å². The van der Waals surface area contributed by atoms with E-state index in [-0.39, 0.29) is 22.5 Å². The van der Waals surface area contributed by atoms with Gasteiger partial charge in [0.15, 0.2) is 0 Å². The average molecular weight is 446 g/mol. The Morgan fingerprint density at radius 3 is 2.39 bits per heavy atom. The van der Waals surface area contributed by atoms with Crippen LogP contribution in [0.25, 0.3) is 0 Å². The number of nitrogens with zero attached hydrogens (tertiary/aromatic N) is 3. The molecular formula is C22H27N3O5S. The lowest BCUT2D eigenvalue weighted by Crippen LogP contribution is -2.31. The second kappa shape index (κ2) is 8.47. The van der Waals surface area contributed by atoms with Crippen LogP contribution < -0.4 is 10.3 Å². The van der Waals surface area contributed by atoms with E-state index < -0.39 is 10.0 Å². The van der Waals surface area contributed by atoms with E-state index in [1.54, 1.807) is 28.6 Å². The molecule has 0 spiro atoms. The molecule has 2 aliphatic rings. The molecule has 1 atom stereocenters. The summed E-state index contributed by atoms with van der Waals surface area (Å²) in [5.41, 5.74) is 1.12. The standard InChI is InChI=1S/C22H27N3O5S/c1-16-13-19(14-21(26)23(16)2)30-18-9-12-24(15-18)22(27)17-5-7-20(8-6-17)31(28,29)25-10-3-4-11-25/h5-8,13-14,18H,3-4,9-12,15H2,1-2H3. The maximum absolute atomic E-state index is 12.9. The van der Waals surface area contributed by atoms with Gasteiger partial charge in [-0.05, 0) is 50.1 Å². The van der Waals surface area contributed by atoms with Crippen LogP contribution in [0.2, 0.25) is 0 Å². The van der Waals surface area contributed by atoms with Gasteiger partial charge in [-0.3, -0.25) is 9.59 Å². The van der Waals surface area contributed by atoms with E-state index in [9.17, 15) is 18.0 Å². The highest BCUT2D eigenvalue weighted by molar-refractivity contribution is 7.89. The Balaban J connectivity index is 1.40. The van der Waals surface area contributed by atoms with Gasteiger partial charge < -0.3 is 14.2 Å². The van der Waals surface area contributed by atoms with E-state index in [2.05, 4.69) is 0 Å².